The van der Waals surface area contributed by atoms with E-state index in [1.54, 1.807) is 11.3 Å². The Hall–Kier alpha value is -1.08. The number of aliphatic carboxylic acids is 1. The Morgan fingerprint density at radius 2 is 2.23 bits per heavy atom. The van der Waals surface area contributed by atoms with Gasteiger partial charge in [0.1, 0.15) is 11.8 Å². The fourth-order valence-electron chi connectivity index (χ4n) is 3.52. The zero-order valence-electron chi connectivity index (χ0n) is 14.5. The first-order valence-corrected chi connectivity index (χ1v) is 10.7. The maximum Gasteiger partial charge on any atom is 0.320 e. The molecule has 26 heavy (non-hydrogen) atoms. The maximum atomic E-state index is 11.9. The summed E-state index contributed by atoms with van der Waals surface area (Å²) in [6, 6.07) is 8.91. The summed E-state index contributed by atoms with van der Waals surface area (Å²) in [5.41, 5.74) is 0.918. The molecule has 2 aromatic rings. The van der Waals surface area contributed by atoms with Gasteiger partial charge in [0.2, 0.25) is 0 Å². The average Bonchev–Trinajstić information content (AvgIpc) is 3.04. The Bertz CT molecular complexity index is 782. The average molecular weight is 459 g/mol. The number of hydrogen-bond donors (Lipinski definition) is 1. The van der Waals surface area contributed by atoms with Crippen LogP contribution < -0.4 is 4.74 Å². The van der Waals surface area contributed by atoms with Crippen molar-refractivity contribution < 1.29 is 14.6 Å². The number of likely N-dealkylation sites (tertiary alicyclic amines) is 1. The maximum absolute atomic E-state index is 11.9. The molecule has 0 spiro atoms. The second kappa shape index (κ2) is 8.74. The second-order valence-electron chi connectivity index (χ2n) is 6.25. The van der Waals surface area contributed by atoms with Crippen molar-refractivity contribution in [2.75, 3.05) is 13.2 Å². The van der Waals surface area contributed by atoms with Gasteiger partial charge in [-0.05, 0) is 72.6 Å². The lowest BCUT2D eigenvalue weighted by atomic mass is 9.94. The van der Waals surface area contributed by atoms with E-state index in [-0.39, 0.29) is 6.04 Å². The van der Waals surface area contributed by atoms with Crippen molar-refractivity contribution in [3.05, 3.63) is 49.6 Å². The number of piperidine rings is 1. The van der Waals surface area contributed by atoms with E-state index < -0.39 is 12.0 Å². The van der Waals surface area contributed by atoms with Crippen LogP contribution in [0.15, 0.2) is 34.1 Å². The van der Waals surface area contributed by atoms with Crippen molar-refractivity contribution in [3.63, 3.8) is 0 Å². The Balaban J connectivity index is 2.13. The van der Waals surface area contributed by atoms with Crippen molar-refractivity contribution in [2.45, 2.75) is 38.3 Å². The van der Waals surface area contributed by atoms with Crippen LogP contribution in [0.4, 0.5) is 0 Å². The summed E-state index contributed by atoms with van der Waals surface area (Å²) in [4.78, 5) is 15.1. The monoisotopic (exact) mass is 457 g/mol. The first-order chi connectivity index (χ1) is 12.5. The predicted molar refractivity (Wildman–Crippen MR) is 108 cm³/mol. The molecule has 2 atom stereocenters. The van der Waals surface area contributed by atoms with Gasteiger partial charge in [-0.3, -0.25) is 9.69 Å². The number of carbonyl (C=O) groups is 1. The Kier molecular flexibility index (Phi) is 6.61. The van der Waals surface area contributed by atoms with E-state index >= 15 is 0 Å². The first kappa shape index (κ1) is 19.7. The highest BCUT2D eigenvalue weighted by atomic mass is 79.9. The molecule has 0 bridgehead atoms. The van der Waals surface area contributed by atoms with Crippen LogP contribution in [0.2, 0.25) is 5.02 Å². The van der Waals surface area contributed by atoms with Crippen LogP contribution in [0.25, 0.3) is 0 Å². The number of halogens is 2. The van der Waals surface area contributed by atoms with Crippen LogP contribution in [-0.4, -0.2) is 35.2 Å². The van der Waals surface area contributed by atoms with Gasteiger partial charge in [-0.2, -0.15) is 0 Å². The highest BCUT2D eigenvalue weighted by Crippen LogP contribution is 2.42. The number of hydrogen-bond acceptors (Lipinski definition) is 4. The molecule has 4 nitrogen and oxygen atoms in total. The molecule has 0 aliphatic carbocycles. The van der Waals surface area contributed by atoms with Crippen molar-refractivity contribution in [1.82, 2.24) is 4.90 Å². The van der Waals surface area contributed by atoms with Crippen molar-refractivity contribution in [1.29, 1.82) is 0 Å². The first-order valence-electron chi connectivity index (χ1n) is 8.67. The van der Waals surface area contributed by atoms with Gasteiger partial charge in [-0.15, -0.1) is 11.3 Å². The molecule has 1 aliphatic rings. The summed E-state index contributed by atoms with van der Waals surface area (Å²) in [7, 11) is 0. The minimum atomic E-state index is -0.773. The zero-order valence-corrected chi connectivity index (χ0v) is 17.6. The van der Waals surface area contributed by atoms with Crippen LogP contribution in [0, 0.1) is 0 Å². The Labute approximate surface area is 170 Å². The predicted octanol–water partition coefficient (Wildman–Crippen LogP) is 5.59. The van der Waals surface area contributed by atoms with E-state index in [1.165, 1.54) is 0 Å². The summed E-state index contributed by atoms with van der Waals surface area (Å²) in [5, 5.41) is 10.4. The summed E-state index contributed by atoms with van der Waals surface area (Å²) in [6.07, 6.45) is 2.57. The van der Waals surface area contributed by atoms with E-state index in [1.807, 2.05) is 37.3 Å². The van der Waals surface area contributed by atoms with Gasteiger partial charge in [-0.25, -0.2) is 0 Å². The van der Waals surface area contributed by atoms with E-state index in [0.29, 0.717) is 18.1 Å². The molecule has 0 saturated carbocycles. The zero-order chi connectivity index (χ0) is 18.7. The molecule has 3 rings (SSSR count). The summed E-state index contributed by atoms with van der Waals surface area (Å²) >= 11 is 11.4. The lowest BCUT2D eigenvalue weighted by Crippen LogP contribution is -2.46. The summed E-state index contributed by atoms with van der Waals surface area (Å²) < 4.78 is 6.86. The molecule has 1 N–H and O–H groups in total. The third-order valence-electron chi connectivity index (χ3n) is 4.59. The van der Waals surface area contributed by atoms with Crippen molar-refractivity contribution in [2.24, 2.45) is 0 Å². The SMILES string of the molecule is CCOc1ccc(Cl)cc1C(c1ccc(Br)s1)N1CCCCC1C(=O)O. The molecular weight excluding hydrogens is 438 g/mol. The van der Waals surface area contributed by atoms with Gasteiger partial charge in [-0.1, -0.05) is 18.0 Å². The number of benzene rings is 1. The van der Waals surface area contributed by atoms with Crippen LogP contribution in [-0.2, 0) is 4.79 Å². The highest BCUT2D eigenvalue weighted by molar-refractivity contribution is 9.11. The lowest BCUT2D eigenvalue weighted by Gasteiger charge is -2.39. The van der Waals surface area contributed by atoms with E-state index in [0.717, 1.165) is 39.4 Å². The number of thiophene rings is 1. The van der Waals surface area contributed by atoms with Gasteiger partial charge < -0.3 is 9.84 Å². The fraction of sp³-hybridized carbons (Fsp3) is 0.421. The third-order valence-corrected chi connectivity index (χ3v) is 6.50. The van der Waals surface area contributed by atoms with Crippen LogP contribution >= 0.6 is 38.9 Å². The van der Waals surface area contributed by atoms with Gasteiger partial charge in [0, 0.05) is 15.5 Å². The standard InChI is InChI=1S/C19H21BrClNO3S/c1-2-25-15-7-6-12(21)11-13(15)18(16-8-9-17(20)26-16)22-10-4-3-5-14(22)19(23)24/h6-9,11,14,18H,2-5,10H2,1H3,(H,23,24). The number of carboxylic acids is 1. The van der Waals surface area contributed by atoms with Gasteiger partial charge in [0.15, 0.2) is 0 Å². The molecule has 1 saturated heterocycles. The molecule has 2 unspecified atom stereocenters. The minimum Gasteiger partial charge on any atom is -0.494 e. The van der Waals surface area contributed by atoms with E-state index in [4.69, 9.17) is 16.3 Å². The Morgan fingerprint density at radius 3 is 2.88 bits per heavy atom. The van der Waals surface area contributed by atoms with E-state index in [9.17, 15) is 9.90 Å². The molecule has 1 aromatic heterocycles. The largest absolute Gasteiger partial charge is 0.494 e. The molecule has 7 heteroatoms. The lowest BCUT2D eigenvalue weighted by molar-refractivity contribution is -0.145. The number of carboxylic acid groups (broad SMARTS) is 1. The van der Waals surface area contributed by atoms with Crippen LogP contribution in [0.3, 0.4) is 0 Å². The van der Waals surface area contributed by atoms with Crippen LogP contribution in [0.5, 0.6) is 5.75 Å². The number of ether oxygens (including phenoxy) is 1. The van der Waals surface area contributed by atoms with Gasteiger partial charge >= 0.3 is 5.97 Å². The van der Waals surface area contributed by atoms with Crippen LogP contribution in [0.1, 0.15) is 42.7 Å². The van der Waals surface area contributed by atoms with Gasteiger partial charge in [0.05, 0.1) is 16.4 Å². The molecule has 1 fully saturated rings. The number of rotatable bonds is 6. The summed E-state index contributed by atoms with van der Waals surface area (Å²) in [6.45, 7) is 3.21. The molecule has 0 amide bonds. The molecule has 1 aliphatic heterocycles. The topological polar surface area (TPSA) is 49.8 Å². The van der Waals surface area contributed by atoms with Crippen molar-refractivity contribution in [3.8, 4) is 5.75 Å². The molecule has 140 valence electrons. The smallest absolute Gasteiger partial charge is 0.320 e. The summed E-state index contributed by atoms with van der Waals surface area (Å²) in [5.74, 6) is -0.0218. The second-order valence-corrected chi connectivity index (χ2v) is 9.18. The minimum absolute atomic E-state index is 0.201. The normalized spacial score (nSPS) is 19.3. The molecule has 0 radical (unpaired) electrons. The molecule has 1 aromatic carbocycles. The number of nitrogens with zero attached hydrogens (tertiary/aromatic N) is 1. The Morgan fingerprint density at radius 1 is 1.42 bits per heavy atom. The van der Waals surface area contributed by atoms with Crippen molar-refractivity contribution >= 4 is 44.8 Å². The highest BCUT2D eigenvalue weighted by Gasteiger charge is 2.37. The molecule has 2 heterocycles. The quantitative estimate of drug-likeness (QED) is 0.613. The van der Waals surface area contributed by atoms with E-state index in [2.05, 4.69) is 20.8 Å². The fourth-order valence-corrected chi connectivity index (χ4v) is 5.26. The third kappa shape index (κ3) is 4.25. The van der Waals surface area contributed by atoms with Gasteiger partial charge in [0.25, 0.3) is 0 Å². The molecular formula is C19H21BrClNO3S.